The first-order chi connectivity index (χ1) is 5.31. The van der Waals surface area contributed by atoms with Crippen molar-refractivity contribution < 1.29 is 4.39 Å². The SMILES string of the molecule is Cl.Cl.FC1(c2ccccn2)CNC1. The van der Waals surface area contributed by atoms with Gasteiger partial charge in [0.05, 0.1) is 5.69 Å². The van der Waals surface area contributed by atoms with Gasteiger partial charge < -0.3 is 5.32 Å². The first-order valence-corrected chi connectivity index (χ1v) is 3.62. The lowest BCUT2D eigenvalue weighted by Crippen LogP contribution is -2.54. The molecule has 0 aromatic carbocycles. The van der Waals surface area contributed by atoms with Crippen molar-refractivity contribution in [3.63, 3.8) is 0 Å². The minimum atomic E-state index is -1.21. The number of nitrogens with one attached hydrogen (secondary N) is 1. The maximum absolute atomic E-state index is 13.5. The fraction of sp³-hybridized carbons (Fsp3) is 0.375. The number of rotatable bonds is 1. The Morgan fingerprint density at radius 1 is 1.31 bits per heavy atom. The van der Waals surface area contributed by atoms with Crippen molar-refractivity contribution in [1.29, 1.82) is 0 Å². The molecule has 0 saturated carbocycles. The van der Waals surface area contributed by atoms with E-state index in [4.69, 9.17) is 0 Å². The fourth-order valence-corrected chi connectivity index (χ4v) is 1.15. The molecule has 5 heteroatoms. The Labute approximate surface area is 88.8 Å². The van der Waals surface area contributed by atoms with Crippen LogP contribution in [0.5, 0.6) is 0 Å². The summed E-state index contributed by atoms with van der Waals surface area (Å²) in [5.74, 6) is 0. The van der Waals surface area contributed by atoms with Gasteiger partial charge in [-0.15, -0.1) is 24.8 Å². The van der Waals surface area contributed by atoms with Gasteiger partial charge in [0.2, 0.25) is 0 Å². The summed E-state index contributed by atoms with van der Waals surface area (Å²) < 4.78 is 13.5. The van der Waals surface area contributed by atoms with Crippen molar-refractivity contribution >= 4 is 24.8 Å². The Bertz CT molecular complexity index is 252. The Hall–Kier alpha value is -0.380. The molecule has 1 aliphatic rings. The summed E-state index contributed by atoms with van der Waals surface area (Å²) >= 11 is 0. The molecule has 1 aromatic heterocycles. The highest BCUT2D eigenvalue weighted by Gasteiger charge is 2.39. The first kappa shape index (κ1) is 12.6. The highest BCUT2D eigenvalue weighted by molar-refractivity contribution is 5.85. The lowest BCUT2D eigenvalue weighted by atomic mass is 9.95. The second-order valence-electron chi connectivity index (χ2n) is 2.78. The molecule has 0 radical (unpaired) electrons. The molecule has 0 amide bonds. The van der Waals surface area contributed by atoms with Gasteiger partial charge in [-0.3, -0.25) is 4.98 Å². The van der Waals surface area contributed by atoms with Crippen LogP contribution in [0.2, 0.25) is 0 Å². The van der Waals surface area contributed by atoms with Gasteiger partial charge in [-0.1, -0.05) is 6.07 Å². The van der Waals surface area contributed by atoms with Crippen LogP contribution in [-0.4, -0.2) is 18.1 Å². The average molecular weight is 225 g/mol. The largest absolute Gasteiger partial charge is 0.309 e. The summed E-state index contributed by atoms with van der Waals surface area (Å²) in [6.45, 7) is 0.786. The van der Waals surface area contributed by atoms with Crippen LogP contribution in [0, 0.1) is 0 Å². The van der Waals surface area contributed by atoms with Crippen molar-refractivity contribution in [1.82, 2.24) is 10.3 Å². The van der Waals surface area contributed by atoms with E-state index in [1.807, 2.05) is 6.07 Å². The van der Waals surface area contributed by atoms with Gasteiger partial charge in [-0.2, -0.15) is 0 Å². The zero-order valence-electron chi connectivity index (χ0n) is 6.87. The summed E-state index contributed by atoms with van der Waals surface area (Å²) in [6, 6.07) is 5.32. The molecule has 0 spiro atoms. The third-order valence-electron chi connectivity index (χ3n) is 1.93. The predicted octanol–water partition coefficient (Wildman–Crippen LogP) is 1.69. The highest BCUT2D eigenvalue weighted by atomic mass is 35.5. The zero-order chi connectivity index (χ0) is 7.73. The first-order valence-electron chi connectivity index (χ1n) is 3.62. The summed E-state index contributed by atoms with van der Waals surface area (Å²) in [5.41, 5.74) is -0.667. The second-order valence-corrected chi connectivity index (χ2v) is 2.78. The summed E-state index contributed by atoms with van der Waals surface area (Å²) in [7, 11) is 0. The minimum Gasteiger partial charge on any atom is -0.309 e. The quantitative estimate of drug-likeness (QED) is 0.786. The normalized spacial score (nSPS) is 17.6. The Morgan fingerprint density at radius 2 is 2.00 bits per heavy atom. The molecule has 2 heterocycles. The molecule has 74 valence electrons. The van der Waals surface area contributed by atoms with Crippen molar-refractivity contribution in [2.75, 3.05) is 13.1 Å². The van der Waals surface area contributed by atoms with Crippen LogP contribution in [0.25, 0.3) is 0 Å². The van der Waals surface area contributed by atoms with Crippen molar-refractivity contribution in [3.05, 3.63) is 30.1 Å². The molecule has 2 rings (SSSR count). The van der Waals surface area contributed by atoms with E-state index >= 15 is 0 Å². The molecular weight excluding hydrogens is 214 g/mol. The molecule has 2 nitrogen and oxygen atoms in total. The Kier molecular flexibility index (Phi) is 4.61. The minimum absolute atomic E-state index is 0. The van der Waals surface area contributed by atoms with Gasteiger partial charge in [0.15, 0.2) is 5.67 Å². The van der Waals surface area contributed by atoms with Crippen LogP contribution < -0.4 is 5.32 Å². The van der Waals surface area contributed by atoms with E-state index < -0.39 is 5.67 Å². The van der Waals surface area contributed by atoms with Gasteiger partial charge in [0.25, 0.3) is 0 Å². The third kappa shape index (κ3) is 2.30. The number of alkyl halides is 1. The topological polar surface area (TPSA) is 24.9 Å². The summed E-state index contributed by atoms with van der Waals surface area (Å²) in [5, 5.41) is 2.89. The number of hydrogen-bond acceptors (Lipinski definition) is 2. The van der Waals surface area contributed by atoms with Gasteiger partial charge in [-0.25, -0.2) is 4.39 Å². The van der Waals surface area contributed by atoms with Crippen LogP contribution in [0.1, 0.15) is 5.69 Å². The lowest BCUT2D eigenvalue weighted by Gasteiger charge is -2.34. The molecular formula is C8H11Cl2FN2. The van der Waals surface area contributed by atoms with Crippen LogP contribution >= 0.6 is 24.8 Å². The number of pyridine rings is 1. The van der Waals surface area contributed by atoms with E-state index in [-0.39, 0.29) is 24.8 Å². The van der Waals surface area contributed by atoms with E-state index in [1.165, 1.54) is 0 Å². The molecule has 13 heavy (non-hydrogen) atoms. The van der Waals surface area contributed by atoms with Gasteiger partial charge in [0, 0.05) is 19.3 Å². The van der Waals surface area contributed by atoms with Gasteiger partial charge in [0.1, 0.15) is 0 Å². The molecule has 0 atom stereocenters. The lowest BCUT2D eigenvalue weighted by molar-refractivity contribution is 0.0841. The number of halogens is 3. The van der Waals surface area contributed by atoms with E-state index in [1.54, 1.807) is 18.3 Å². The maximum atomic E-state index is 13.5. The fourth-order valence-electron chi connectivity index (χ4n) is 1.15. The Morgan fingerprint density at radius 3 is 2.38 bits per heavy atom. The van der Waals surface area contributed by atoms with Gasteiger partial charge >= 0.3 is 0 Å². The maximum Gasteiger partial charge on any atom is 0.177 e. The molecule has 1 aliphatic heterocycles. The molecule has 1 fully saturated rings. The van der Waals surface area contributed by atoms with E-state index in [9.17, 15) is 4.39 Å². The van der Waals surface area contributed by atoms with Crippen molar-refractivity contribution in [2.24, 2.45) is 0 Å². The van der Waals surface area contributed by atoms with Crippen LogP contribution in [0.4, 0.5) is 4.39 Å². The van der Waals surface area contributed by atoms with Crippen molar-refractivity contribution in [3.8, 4) is 0 Å². The number of aromatic nitrogens is 1. The van der Waals surface area contributed by atoms with E-state index in [2.05, 4.69) is 10.3 Å². The van der Waals surface area contributed by atoms with Crippen LogP contribution in [-0.2, 0) is 5.67 Å². The smallest absolute Gasteiger partial charge is 0.177 e. The number of nitrogens with zero attached hydrogens (tertiary/aromatic N) is 1. The molecule has 0 unspecified atom stereocenters. The third-order valence-corrected chi connectivity index (χ3v) is 1.93. The van der Waals surface area contributed by atoms with Crippen LogP contribution in [0.3, 0.4) is 0 Å². The monoisotopic (exact) mass is 224 g/mol. The standard InChI is InChI=1S/C8H9FN2.2ClH/c9-8(5-10-6-8)7-3-1-2-4-11-7;;/h1-4,10H,5-6H2;2*1H. The predicted molar refractivity (Wildman–Crippen MR) is 54.4 cm³/mol. The molecule has 1 saturated heterocycles. The van der Waals surface area contributed by atoms with E-state index in [0.717, 1.165) is 0 Å². The van der Waals surface area contributed by atoms with Crippen molar-refractivity contribution in [2.45, 2.75) is 5.67 Å². The second kappa shape index (κ2) is 4.74. The zero-order valence-corrected chi connectivity index (χ0v) is 8.50. The highest BCUT2D eigenvalue weighted by Crippen LogP contribution is 2.27. The molecule has 1 N–H and O–H groups in total. The molecule has 0 aliphatic carbocycles. The number of hydrogen-bond donors (Lipinski definition) is 1. The molecule has 0 bridgehead atoms. The summed E-state index contributed by atoms with van der Waals surface area (Å²) in [6.07, 6.45) is 1.62. The average Bonchev–Trinajstić information content (AvgIpc) is 2.02. The van der Waals surface area contributed by atoms with Crippen LogP contribution in [0.15, 0.2) is 24.4 Å². The van der Waals surface area contributed by atoms with Gasteiger partial charge in [-0.05, 0) is 12.1 Å². The molecule has 1 aromatic rings. The summed E-state index contributed by atoms with van der Waals surface area (Å²) in [4.78, 5) is 3.96. The van der Waals surface area contributed by atoms with E-state index in [0.29, 0.717) is 18.8 Å². The Balaban J connectivity index is 0.000000720.